The Bertz CT molecular complexity index is 364. The van der Waals surface area contributed by atoms with Gasteiger partial charge < -0.3 is 9.84 Å². The Morgan fingerprint density at radius 1 is 1.67 bits per heavy atom. The summed E-state index contributed by atoms with van der Waals surface area (Å²) in [4.78, 5) is 25.2. The molecular weight excluding hydrogens is 234 g/mol. The van der Waals surface area contributed by atoms with Crippen molar-refractivity contribution in [2.24, 2.45) is 11.3 Å². The molecule has 1 N–H and O–H groups in total. The summed E-state index contributed by atoms with van der Waals surface area (Å²) in [6.45, 7) is 7.11. The zero-order valence-electron chi connectivity index (χ0n) is 11.3. The maximum Gasteiger partial charge on any atom is 0.417 e. The summed E-state index contributed by atoms with van der Waals surface area (Å²) < 4.78 is 4.94. The van der Waals surface area contributed by atoms with E-state index in [0.29, 0.717) is 0 Å². The van der Waals surface area contributed by atoms with Crippen LogP contribution in [-0.4, -0.2) is 41.3 Å². The zero-order chi connectivity index (χ0) is 13.9. The van der Waals surface area contributed by atoms with Gasteiger partial charge >= 0.3 is 6.09 Å². The summed E-state index contributed by atoms with van der Waals surface area (Å²) in [6.07, 6.45) is 2.68. The number of imide groups is 1. The van der Waals surface area contributed by atoms with Crippen LogP contribution in [0.1, 0.15) is 27.7 Å². The van der Waals surface area contributed by atoms with Crippen LogP contribution in [-0.2, 0) is 9.53 Å². The molecule has 1 saturated heterocycles. The number of aliphatic hydroxyl groups is 1. The van der Waals surface area contributed by atoms with Crippen molar-refractivity contribution in [1.82, 2.24) is 4.90 Å². The lowest BCUT2D eigenvalue weighted by Crippen LogP contribution is -2.49. The SMILES string of the molecule is C/C=C/[C@](C)(CO)C(=O)N1C(=O)OC[C@H]1C(C)C. The first-order chi connectivity index (χ1) is 8.37. The molecule has 18 heavy (non-hydrogen) atoms. The minimum atomic E-state index is -1.08. The van der Waals surface area contributed by atoms with Crippen LogP contribution in [0.3, 0.4) is 0 Å². The van der Waals surface area contributed by atoms with Crippen molar-refractivity contribution in [3.05, 3.63) is 12.2 Å². The number of nitrogens with zero attached hydrogens (tertiary/aromatic N) is 1. The van der Waals surface area contributed by atoms with E-state index in [1.165, 1.54) is 0 Å². The Kier molecular flexibility index (Phi) is 4.51. The predicted octanol–water partition coefficient (Wildman–Crippen LogP) is 1.56. The molecule has 1 aliphatic heterocycles. The second-order valence-electron chi connectivity index (χ2n) is 5.14. The van der Waals surface area contributed by atoms with Gasteiger partial charge in [-0.1, -0.05) is 26.0 Å². The summed E-state index contributed by atoms with van der Waals surface area (Å²) in [5.41, 5.74) is -1.08. The maximum atomic E-state index is 12.4. The van der Waals surface area contributed by atoms with Gasteiger partial charge in [-0.25, -0.2) is 9.69 Å². The van der Waals surface area contributed by atoms with Crippen molar-refractivity contribution in [3.8, 4) is 0 Å². The van der Waals surface area contributed by atoms with E-state index in [9.17, 15) is 14.7 Å². The standard InChI is InChI=1S/C13H21NO4/c1-5-6-13(4,8-15)11(16)14-10(9(2)3)7-18-12(14)17/h5-6,9-10,15H,7-8H2,1-4H3/b6-5+/t10-,13+/m0/s1. The number of cyclic esters (lactones) is 1. The van der Waals surface area contributed by atoms with Gasteiger partial charge in [-0.3, -0.25) is 4.79 Å². The molecule has 0 unspecified atom stereocenters. The fourth-order valence-corrected chi connectivity index (χ4v) is 1.99. The highest BCUT2D eigenvalue weighted by molar-refractivity contribution is 5.97. The normalized spacial score (nSPS) is 23.6. The van der Waals surface area contributed by atoms with Crippen molar-refractivity contribution in [2.45, 2.75) is 33.7 Å². The van der Waals surface area contributed by atoms with Gasteiger partial charge in [-0.15, -0.1) is 0 Å². The number of allylic oxidation sites excluding steroid dienone is 1. The van der Waals surface area contributed by atoms with E-state index >= 15 is 0 Å². The maximum absolute atomic E-state index is 12.4. The number of amides is 2. The monoisotopic (exact) mass is 255 g/mol. The zero-order valence-corrected chi connectivity index (χ0v) is 11.3. The average molecular weight is 255 g/mol. The van der Waals surface area contributed by atoms with Gasteiger partial charge in [-0.2, -0.15) is 0 Å². The van der Waals surface area contributed by atoms with E-state index in [4.69, 9.17) is 4.74 Å². The first-order valence-corrected chi connectivity index (χ1v) is 6.12. The molecule has 2 amide bonds. The fourth-order valence-electron chi connectivity index (χ4n) is 1.99. The topological polar surface area (TPSA) is 66.8 Å². The minimum Gasteiger partial charge on any atom is -0.447 e. The van der Waals surface area contributed by atoms with Crippen LogP contribution in [0.2, 0.25) is 0 Å². The van der Waals surface area contributed by atoms with Crippen molar-refractivity contribution >= 4 is 12.0 Å². The third-order valence-corrected chi connectivity index (χ3v) is 3.25. The Labute approximate surface area is 107 Å². The van der Waals surface area contributed by atoms with E-state index in [-0.39, 0.29) is 25.2 Å². The first-order valence-electron chi connectivity index (χ1n) is 6.12. The Hall–Kier alpha value is -1.36. The van der Waals surface area contributed by atoms with Crippen molar-refractivity contribution < 1.29 is 19.4 Å². The summed E-state index contributed by atoms with van der Waals surface area (Å²) in [7, 11) is 0. The van der Waals surface area contributed by atoms with Crippen LogP contribution in [0.25, 0.3) is 0 Å². The molecule has 1 heterocycles. The molecule has 0 radical (unpaired) electrons. The molecule has 2 atom stereocenters. The molecule has 0 aromatic carbocycles. The number of aliphatic hydroxyl groups excluding tert-OH is 1. The number of carbonyl (C=O) groups excluding carboxylic acids is 2. The summed E-state index contributed by atoms with van der Waals surface area (Å²) in [5, 5.41) is 9.41. The molecule has 1 rings (SSSR count). The van der Waals surface area contributed by atoms with Crippen LogP contribution in [0, 0.1) is 11.3 Å². The lowest BCUT2D eigenvalue weighted by Gasteiger charge is -2.30. The average Bonchev–Trinajstić information content (AvgIpc) is 2.70. The van der Waals surface area contributed by atoms with E-state index in [2.05, 4.69) is 0 Å². The van der Waals surface area contributed by atoms with E-state index < -0.39 is 17.4 Å². The molecule has 102 valence electrons. The summed E-state index contributed by atoms with van der Waals surface area (Å²) >= 11 is 0. The van der Waals surface area contributed by atoms with E-state index in [1.807, 2.05) is 13.8 Å². The summed E-state index contributed by atoms with van der Waals surface area (Å²) in [6, 6.07) is -0.263. The molecule has 1 aliphatic rings. The highest BCUT2D eigenvalue weighted by Gasteiger charge is 2.45. The highest BCUT2D eigenvalue weighted by atomic mass is 16.6. The smallest absolute Gasteiger partial charge is 0.417 e. The van der Waals surface area contributed by atoms with Crippen LogP contribution in [0.4, 0.5) is 4.79 Å². The van der Waals surface area contributed by atoms with Gasteiger partial charge in [0.05, 0.1) is 18.1 Å². The lowest BCUT2D eigenvalue weighted by atomic mass is 9.88. The van der Waals surface area contributed by atoms with Crippen LogP contribution in [0.15, 0.2) is 12.2 Å². The van der Waals surface area contributed by atoms with E-state index in [1.54, 1.807) is 26.0 Å². The van der Waals surface area contributed by atoms with Crippen LogP contribution < -0.4 is 0 Å². The molecule has 1 fully saturated rings. The van der Waals surface area contributed by atoms with Crippen molar-refractivity contribution in [1.29, 1.82) is 0 Å². The van der Waals surface area contributed by atoms with Crippen LogP contribution in [0.5, 0.6) is 0 Å². The molecule has 0 bridgehead atoms. The number of rotatable bonds is 4. The predicted molar refractivity (Wildman–Crippen MR) is 66.8 cm³/mol. The van der Waals surface area contributed by atoms with Gasteiger partial charge in [-0.05, 0) is 19.8 Å². The number of hydrogen-bond donors (Lipinski definition) is 1. The first kappa shape index (κ1) is 14.7. The molecule has 5 heteroatoms. The fraction of sp³-hybridized carbons (Fsp3) is 0.692. The quantitative estimate of drug-likeness (QED) is 0.774. The van der Waals surface area contributed by atoms with Gasteiger partial charge in [0.1, 0.15) is 6.61 Å². The second-order valence-corrected chi connectivity index (χ2v) is 5.14. The molecule has 0 aliphatic carbocycles. The minimum absolute atomic E-state index is 0.119. The number of hydrogen-bond acceptors (Lipinski definition) is 4. The van der Waals surface area contributed by atoms with Gasteiger partial charge in [0, 0.05) is 0 Å². The third kappa shape index (κ3) is 2.56. The van der Waals surface area contributed by atoms with Crippen molar-refractivity contribution in [2.75, 3.05) is 13.2 Å². The molecule has 0 spiro atoms. The molecule has 0 aromatic heterocycles. The number of ether oxygens (including phenoxy) is 1. The highest BCUT2D eigenvalue weighted by Crippen LogP contribution is 2.28. The van der Waals surface area contributed by atoms with Gasteiger partial charge in [0.2, 0.25) is 5.91 Å². The third-order valence-electron chi connectivity index (χ3n) is 3.25. The molecule has 0 aromatic rings. The van der Waals surface area contributed by atoms with Gasteiger partial charge in [0.15, 0.2) is 0 Å². The largest absolute Gasteiger partial charge is 0.447 e. The lowest BCUT2D eigenvalue weighted by molar-refractivity contribution is -0.138. The van der Waals surface area contributed by atoms with E-state index in [0.717, 1.165) is 4.90 Å². The van der Waals surface area contributed by atoms with Crippen molar-refractivity contribution in [3.63, 3.8) is 0 Å². The molecular formula is C13H21NO4. The van der Waals surface area contributed by atoms with Crippen LogP contribution >= 0.6 is 0 Å². The molecule has 5 nitrogen and oxygen atoms in total. The van der Waals surface area contributed by atoms with Gasteiger partial charge in [0.25, 0.3) is 0 Å². The second kappa shape index (κ2) is 5.52. The Morgan fingerprint density at radius 3 is 2.72 bits per heavy atom. The summed E-state index contributed by atoms with van der Waals surface area (Å²) in [5.74, 6) is -0.293. The number of carbonyl (C=O) groups is 2. The Balaban J connectivity index is 3.03. The Morgan fingerprint density at radius 2 is 2.28 bits per heavy atom. The molecule has 0 saturated carbocycles.